The normalized spacial score (nSPS) is 10.2. The molecule has 7 nitrogen and oxygen atoms in total. The average molecular weight is 368 g/mol. The summed E-state index contributed by atoms with van der Waals surface area (Å²) in [6.07, 6.45) is 0. The first-order valence-electron chi connectivity index (χ1n) is 8.73. The third-order valence-electron chi connectivity index (χ3n) is 4.09. The van der Waals surface area contributed by atoms with Crippen molar-refractivity contribution in [3.8, 4) is 0 Å². The lowest BCUT2D eigenvalue weighted by atomic mass is 10.2. The molecule has 0 aliphatic heterocycles. The molecule has 0 saturated carbocycles. The number of carbonyl (C=O) groups is 3. The van der Waals surface area contributed by atoms with Crippen LogP contribution in [0.15, 0.2) is 48.5 Å². The summed E-state index contributed by atoms with van der Waals surface area (Å²) in [6.45, 7) is 7.07. The van der Waals surface area contributed by atoms with E-state index in [2.05, 4.69) is 24.1 Å². The molecule has 27 heavy (non-hydrogen) atoms. The van der Waals surface area contributed by atoms with E-state index in [4.69, 9.17) is 5.73 Å². The minimum atomic E-state index is -0.971. The van der Waals surface area contributed by atoms with Crippen LogP contribution in [0.2, 0.25) is 0 Å². The van der Waals surface area contributed by atoms with E-state index in [-0.39, 0.29) is 5.69 Å². The maximum atomic E-state index is 12.5. The van der Waals surface area contributed by atoms with Gasteiger partial charge < -0.3 is 16.0 Å². The van der Waals surface area contributed by atoms with Crippen molar-refractivity contribution in [1.29, 1.82) is 0 Å². The van der Waals surface area contributed by atoms with Crippen LogP contribution in [-0.2, 0) is 14.4 Å². The van der Waals surface area contributed by atoms with E-state index in [0.29, 0.717) is 11.4 Å². The second kappa shape index (κ2) is 8.84. The van der Waals surface area contributed by atoms with E-state index in [1.54, 1.807) is 30.3 Å². The Labute approximate surface area is 158 Å². The summed E-state index contributed by atoms with van der Waals surface area (Å²) in [6, 6.07) is 13.4. The van der Waals surface area contributed by atoms with Crippen LogP contribution in [0.3, 0.4) is 0 Å². The summed E-state index contributed by atoms with van der Waals surface area (Å²) < 4.78 is 0. The fraction of sp³-hybridized carbons (Fsp3) is 0.250. The molecule has 0 aliphatic rings. The Kier molecular flexibility index (Phi) is 6.54. The van der Waals surface area contributed by atoms with Gasteiger partial charge in [0.25, 0.3) is 0 Å². The standard InChI is InChI=1S/C20H24N4O3/c1-4-23(5-2)17-11-9-16(10-12-17)22-19(26)20(27)24(14(3)25)18-8-6-7-15(21)13-18/h6-13H,4-5,21H2,1-3H3,(H,22,26). The van der Waals surface area contributed by atoms with Crippen LogP contribution in [0.25, 0.3) is 0 Å². The van der Waals surface area contributed by atoms with E-state index in [9.17, 15) is 14.4 Å². The molecule has 0 aromatic heterocycles. The van der Waals surface area contributed by atoms with Crippen LogP contribution in [0.5, 0.6) is 0 Å². The highest BCUT2D eigenvalue weighted by atomic mass is 16.2. The molecular formula is C20H24N4O3. The fourth-order valence-corrected chi connectivity index (χ4v) is 2.74. The minimum Gasteiger partial charge on any atom is -0.399 e. The molecule has 0 heterocycles. The van der Waals surface area contributed by atoms with Crippen molar-refractivity contribution in [3.63, 3.8) is 0 Å². The number of nitrogens with two attached hydrogens (primary N) is 1. The van der Waals surface area contributed by atoms with Gasteiger partial charge in [-0.05, 0) is 56.3 Å². The van der Waals surface area contributed by atoms with Gasteiger partial charge in [0.2, 0.25) is 5.91 Å². The SMILES string of the molecule is CCN(CC)c1ccc(NC(=O)C(=O)N(C(C)=O)c2cccc(N)c2)cc1. The van der Waals surface area contributed by atoms with E-state index >= 15 is 0 Å². The lowest BCUT2D eigenvalue weighted by molar-refractivity contribution is -0.136. The number of hydrogen-bond donors (Lipinski definition) is 2. The smallest absolute Gasteiger partial charge is 0.323 e. The molecule has 0 aliphatic carbocycles. The molecule has 142 valence electrons. The van der Waals surface area contributed by atoms with Crippen LogP contribution in [-0.4, -0.2) is 30.8 Å². The van der Waals surface area contributed by atoms with Gasteiger partial charge in [-0.2, -0.15) is 0 Å². The highest BCUT2D eigenvalue weighted by Crippen LogP contribution is 2.20. The fourth-order valence-electron chi connectivity index (χ4n) is 2.74. The summed E-state index contributed by atoms with van der Waals surface area (Å²) in [4.78, 5) is 39.7. The van der Waals surface area contributed by atoms with Crippen molar-refractivity contribution in [2.24, 2.45) is 0 Å². The summed E-state index contributed by atoms with van der Waals surface area (Å²) >= 11 is 0. The maximum absolute atomic E-state index is 12.5. The molecular weight excluding hydrogens is 344 g/mol. The molecule has 0 spiro atoms. The maximum Gasteiger partial charge on any atom is 0.323 e. The highest BCUT2D eigenvalue weighted by molar-refractivity contribution is 6.48. The van der Waals surface area contributed by atoms with E-state index in [0.717, 1.165) is 23.7 Å². The molecule has 7 heteroatoms. The summed E-state index contributed by atoms with van der Waals surface area (Å²) in [7, 11) is 0. The predicted molar refractivity (Wildman–Crippen MR) is 108 cm³/mol. The first kappa shape index (κ1) is 20.0. The van der Waals surface area contributed by atoms with Crippen LogP contribution in [0.1, 0.15) is 20.8 Å². The van der Waals surface area contributed by atoms with Gasteiger partial charge >= 0.3 is 11.8 Å². The predicted octanol–water partition coefficient (Wildman–Crippen LogP) is 2.63. The Hall–Kier alpha value is -3.35. The molecule has 0 fully saturated rings. The highest BCUT2D eigenvalue weighted by Gasteiger charge is 2.27. The van der Waals surface area contributed by atoms with Gasteiger partial charge in [-0.1, -0.05) is 6.07 Å². The second-order valence-electron chi connectivity index (χ2n) is 5.93. The quantitative estimate of drug-likeness (QED) is 0.625. The zero-order valence-electron chi connectivity index (χ0n) is 15.7. The van der Waals surface area contributed by atoms with Crippen molar-refractivity contribution >= 4 is 40.5 Å². The molecule has 2 aromatic rings. The number of imide groups is 1. The molecule has 0 unspecified atom stereocenters. The summed E-state index contributed by atoms with van der Waals surface area (Å²) in [5.74, 6) is -2.44. The minimum absolute atomic E-state index is 0.250. The number of nitrogen functional groups attached to an aromatic ring is 1. The van der Waals surface area contributed by atoms with Gasteiger partial charge in [-0.25, -0.2) is 4.90 Å². The second-order valence-corrected chi connectivity index (χ2v) is 5.93. The Morgan fingerprint density at radius 2 is 1.59 bits per heavy atom. The topological polar surface area (TPSA) is 95.7 Å². The van der Waals surface area contributed by atoms with Gasteiger partial charge in [0, 0.05) is 37.1 Å². The molecule has 0 radical (unpaired) electrons. The Morgan fingerprint density at radius 3 is 2.11 bits per heavy atom. The monoisotopic (exact) mass is 368 g/mol. The molecule has 3 amide bonds. The zero-order chi connectivity index (χ0) is 20.0. The van der Waals surface area contributed by atoms with Crippen molar-refractivity contribution in [2.45, 2.75) is 20.8 Å². The van der Waals surface area contributed by atoms with Crippen molar-refractivity contribution < 1.29 is 14.4 Å². The van der Waals surface area contributed by atoms with Gasteiger partial charge in [-0.3, -0.25) is 14.4 Å². The number of nitrogens with zero attached hydrogens (tertiary/aromatic N) is 2. The Balaban J connectivity index is 2.16. The van der Waals surface area contributed by atoms with Crippen LogP contribution >= 0.6 is 0 Å². The van der Waals surface area contributed by atoms with E-state index in [1.165, 1.54) is 13.0 Å². The number of nitrogens with one attached hydrogen (secondary N) is 1. The third-order valence-corrected chi connectivity index (χ3v) is 4.09. The molecule has 0 saturated heterocycles. The third kappa shape index (κ3) is 4.84. The molecule has 2 aromatic carbocycles. The number of rotatable bonds is 5. The summed E-state index contributed by atoms with van der Waals surface area (Å²) in [5, 5.41) is 2.53. The number of anilines is 4. The summed E-state index contributed by atoms with van der Waals surface area (Å²) in [5.41, 5.74) is 7.84. The molecule has 3 N–H and O–H groups in total. The Morgan fingerprint density at radius 1 is 0.963 bits per heavy atom. The van der Waals surface area contributed by atoms with Crippen molar-refractivity contribution in [2.75, 3.05) is 33.9 Å². The first-order valence-corrected chi connectivity index (χ1v) is 8.73. The van der Waals surface area contributed by atoms with Gasteiger partial charge in [-0.15, -0.1) is 0 Å². The molecule has 0 atom stereocenters. The van der Waals surface area contributed by atoms with Gasteiger partial charge in [0.1, 0.15) is 0 Å². The average Bonchev–Trinajstić information content (AvgIpc) is 2.64. The lowest BCUT2D eigenvalue weighted by Gasteiger charge is -2.21. The lowest BCUT2D eigenvalue weighted by Crippen LogP contribution is -2.42. The molecule has 0 bridgehead atoms. The van der Waals surface area contributed by atoms with Crippen molar-refractivity contribution in [3.05, 3.63) is 48.5 Å². The number of carbonyl (C=O) groups excluding carboxylic acids is 3. The molecule has 2 rings (SSSR count). The van der Waals surface area contributed by atoms with Gasteiger partial charge in [0.05, 0.1) is 5.69 Å². The van der Waals surface area contributed by atoms with E-state index in [1.807, 2.05) is 12.1 Å². The number of amides is 3. The van der Waals surface area contributed by atoms with Crippen LogP contribution < -0.4 is 20.9 Å². The van der Waals surface area contributed by atoms with Crippen LogP contribution in [0, 0.1) is 0 Å². The number of hydrogen-bond acceptors (Lipinski definition) is 5. The van der Waals surface area contributed by atoms with Crippen LogP contribution in [0.4, 0.5) is 22.7 Å². The zero-order valence-corrected chi connectivity index (χ0v) is 15.7. The Bertz CT molecular complexity index is 829. The van der Waals surface area contributed by atoms with E-state index < -0.39 is 17.7 Å². The number of benzene rings is 2. The van der Waals surface area contributed by atoms with Crippen molar-refractivity contribution in [1.82, 2.24) is 0 Å². The largest absolute Gasteiger partial charge is 0.399 e. The first-order chi connectivity index (χ1) is 12.9. The van der Waals surface area contributed by atoms with Gasteiger partial charge in [0.15, 0.2) is 0 Å².